The number of carbonyl (C=O) groups is 1. The summed E-state index contributed by atoms with van der Waals surface area (Å²) in [6, 6.07) is 13.0. The molecule has 0 unspecified atom stereocenters. The Morgan fingerprint density at radius 3 is 2.74 bits per heavy atom. The molecule has 0 amide bonds. The maximum absolute atomic E-state index is 12.5. The molecular weight excluding hydrogens is 240 g/mol. The Kier molecular flexibility index (Phi) is 2.95. The summed E-state index contributed by atoms with van der Waals surface area (Å²) in [5, 5.41) is 0. The van der Waals surface area contributed by atoms with Crippen molar-refractivity contribution in [1.29, 1.82) is 0 Å². The molecule has 0 fully saturated rings. The first-order valence-corrected chi connectivity index (χ1v) is 6.32. The van der Waals surface area contributed by atoms with Gasteiger partial charge in [0.25, 0.3) is 0 Å². The smallest absolute Gasteiger partial charge is 0.231 e. The first-order chi connectivity index (χ1) is 9.29. The number of rotatable bonds is 3. The van der Waals surface area contributed by atoms with Crippen LogP contribution in [-0.4, -0.2) is 12.6 Å². The molecule has 0 saturated carbocycles. The topological polar surface area (TPSA) is 35.5 Å². The predicted octanol–water partition coefficient (Wildman–Crippen LogP) is 3.21. The van der Waals surface area contributed by atoms with E-state index in [0.717, 1.165) is 17.5 Å². The number of aryl methyl sites for hydroxylation is 1. The van der Waals surface area contributed by atoms with Gasteiger partial charge < -0.3 is 9.47 Å². The van der Waals surface area contributed by atoms with Crippen molar-refractivity contribution in [2.24, 2.45) is 0 Å². The lowest BCUT2D eigenvalue weighted by Gasteiger charge is -2.07. The largest absolute Gasteiger partial charge is 0.454 e. The van der Waals surface area contributed by atoms with E-state index in [1.807, 2.05) is 31.2 Å². The van der Waals surface area contributed by atoms with Gasteiger partial charge in [0.2, 0.25) is 6.79 Å². The number of ether oxygens (including phenoxy) is 2. The van der Waals surface area contributed by atoms with E-state index in [1.165, 1.54) is 0 Å². The van der Waals surface area contributed by atoms with Crippen molar-refractivity contribution in [3.8, 4) is 11.5 Å². The van der Waals surface area contributed by atoms with Gasteiger partial charge in [-0.25, -0.2) is 0 Å². The first kappa shape index (κ1) is 11.8. The summed E-state index contributed by atoms with van der Waals surface area (Å²) in [6.07, 6.45) is 0.840. The zero-order chi connectivity index (χ0) is 13.2. The van der Waals surface area contributed by atoms with Crippen LogP contribution in [0.1, 0.15) is 28.4 Å². The number of ketones is 1. The summed E-state index contributed by atoms with van der Waals surface area (Å²) in [4.78, 5) is 12.5. The number of benzene rings is 2. The van der Waals surface area contributed by atoms with E-state index < -0.39 is 0 Å². The van der Waals surface area contributed by atoms with Gasteiger partial charge in [-0.05, 0) is 30.2 Å². The SMILES string of the molecule is CCc1ccccc1C(=O)c1ccc2c(c1)OCO2. The fourth-order valence-electron chi connectivity index (χ4n) is 2.24. The lowest BCUT2D eigenvalue weighted by Crippen LogP contribution is -2.04. The molecule has 1 aliphatic rings. The van der Waals surface area contributed by atoms with Crippen molar-refractivity contribution < 1.29 is 14.3 Å². The summed E-state index contributed by atoms with van der Waals surface area (Å²) < 4.78 is 10.6. The highest BCUT2D eigenvalue weighted by Gasteiger charge is 2.18. The summed E-state index contributed by atoms with van der Waals surface area (Å²) >= 11 is 0. The van der Waals surface area contributed by atoms with Crippen LogP contribution < -0.4 is 9.47 Å². The molecule has 3 heteroatoms. The molecule has 1 heterocycles. The lowest BCUT2D eigenvalue weighted by molar-refractivity contribution is 0.103. The molecular formula is C16H14O3. The van der Waals surface area contributed by atoms with Crippen molar-refractivity contribution in [2.45, 2.75) is 13.3 Å². The van der Waals surface area contributed by atoms with E-state index >= 15 is 0 Å². The lowest BCUT2D eigenvalue weighted by atomic mass is 9.97. The fraction of sp³-hybridized carbons (Fsp3) is 0.188. The monoisotopic (exact) mass is 254 g/mol. The molecule has 0 aromatic heterocycles. The van der Waals surface area contributed by atoms with E-state index in [1.54, 1.807) is 18.2 Å². The van der Waals surface area contributed by atoms with Crippen molar-refractivity contribution in [1.82, 2.24) is 0 Å². The third-order valence-electron chi connectivity index (χ3n) is 3.28. The number of fused-ring (bicyclic) bond motifs is 1. The van der Waals surface area contributed by atoms with Gasteiger partial charge in [0, 0.05) is 11.1 Å². The van der Waals surface area contributed by atoms with Crippen LogP contribution in [0.25, 0.3) is 0 Å². The van der Waals surface area contributed by atoms with Crippen molar-refractivity contribution in [3.05, 3.63) is 59.2 Å². The third kappa shape index (κ3) is 2.08. The molecule has 1 aliphatic heterocycles. The van der Waals surface area contributed by atoms with Crippen molar-refractivity contribution in [2.75, 3.05) is 6.79 Å². The Balaban J connectivity index is 2.00. The highest BCUT2D eigenvalue weighted by Crippen LogP contribution is 2.33. The Hall–Kier alpha value is -2.29. The molecule has 19 heavy (non-hydrogen) atoms. The van der Waals surface area contributed by atoms with Crippen LogP contribution in [0.5, 0.6) is 11.5 Å². The van der Waals surface area contributed by atoms with Gasteiger partial charge in [-0.2, -0.15) is 0 Å². The molecule has 2 aromatic rings. The second-order valence-corrected chi connectivity index (χ2v) is 4.41. The van der Waals surface area contributed by atoms with Crippen molar-refractivity contribution >= 4 is 5.78 Å². The number of hydrogen-bond donors (Lipinski definition) is 0. The first-order valence-electron chi connectivity index (χ1n) is 6.32. The average Bonchev–Trinajstić information content (AvgIpc) is 2.93. The van der Waals surface area contributed by atoms with E-state index in [4.69, 9.17) is 9.47 Å². The molecule has 0 spiro atoms. The van der Waals surface area contributed by atoms with Gasteiger partial charge in [-0.1, -0.05) is 31.2 Å². The van der Waals surface area contributed by atoms with E-state index in [-0.39, 0.29) is 12.6 Å². The van der Waals surface area contributed by atoms with Gasteiger partial charge >= 0.3 is 0 Å². The molecule has 96 valence electrons. The third-order valence-corrected chi connectivity index (χ3v) is 3.28. The molecule has 0 radical (unpaired) electrons. The van der Waals surface area contributed by atoms with Crippen LogP contribution in [0.2, 0.25) is 0 Å². The Morgan fingerprint density at radius 2 is 1.89 bits per heavy atom. The normalized spacial score (nSPS) is 12.5. The standard InChI is InChI=1S/C16H14O3/c1-2-11-5-3-4-6-13(11)16(17)12-7-8-14-15(9-12)19-10-18-14/h3-9H,2,10H2,1H3. The predicted molar refractivity (Wildman–Crippen MR) is 71.8 cm³/mol. The highest BCUT2D eigenvalue weighted by molar-refractivity contribution is 6.10. The van der Waals surface area contributed by atoms with Gasteiger partial charge in [-0.15, -0.1) is 0 Å². The quantitative estimate of drug-likeness (QED) is 0.789. The fourth-order valence-corrected chi connectivity index (χ4v) is 2.24. The highest BCUT2D eigenvalue weighted by atomic mass is 16.7. The average molecular weight is 254 g/mol. The van der Waals surface area contributed by atoms with Crippen LogP contribution in [0.4, 0.5) is 0 Å². The Labute approximate surface area is 111 Å². The molecule has 0 N–H and O–H groups in total. The molecule has 0 aliphatic carbocycles. The number of hydrogen-bond acceptors (Lipinski definition) is 3. The minimum Gasteiger partial charge on any atom is -0.454 e. The van der Waals surface area contributed by atoms with Gasteiger partial charge in [0.15, 0.2) is 17.3 Å². The second-order valence-electron chi connectivity index (χ2n) is 4.41. The van der Waals surface area contributed by atoms with Crippen LogP contribution >= 0.6 is 0 Å². The maximum Gasteiger partial charge on any atom is 0.231 e. The zero-order valence-electron chi connectivity index (χ0n) is 10.7. The Morgan fingerprint density at radius 1 is 1.11 bits per heavy atom. The van der Waals surface area contributed by atoms with Crippen LogP contribution in [0.3, 0.4) is 0 Å². The molecule has 0 atom stereocenters. The molecule has 0 saturated heterocycles. The summed E-state index contributed by atoms with van der Waals surface area (Å²) in [6.45, 7) is 2.27. The van der Waals surface area contributed by atoms with Crippen LogP contribution in [-0.2, 0) is 6.42 Å². The molecule has 0 bridgehead atoms. The maximum atomic E-state index is 12.5. The summed E-state index contributed by atoms with van der Waals surface area (Å²) in [7, 11) is 0. The summed E-state index contributed by atoms with van der Waals surface area (Å²) in [5.41, 5.74) is 2.44. The van der Waals surface area contributed by atoms with Gasteiger partial charge in [0.1, 0.15) is 0 Å². The summed E-state index contributed by atoms with van der Waals surface area (Å²) in [5.74, 6) is 1.36. The minimum absolute atomic E-state index is 0.0238. The molecule has 3 rings (SSSR count). The molecule has 3 nitrogen and oxygen atoms in total. The van der Waals surface area contributed by atoms with Crippen LogP contribution in [0.15, 0.2) is 42.5 Å². The second kappa shape index (κ2) is 4.76. The van der Waals surface area contributed by atoms with Crippen LogP contribution in [0, 0.1) is 0 Å². The van der Waals surface area contributed by atoms with Gasteiger partial charge in [-0.3, -0.25) is 4.79 Å². The Bertz CT molecular complexity index is 632. The van der Waals surface area contributed by atoms with E-state index in [0.29, 0.717) is 17.1 Å². The van der Waals surface area contributed by atoms with Crippen molar-refractivity contribution in [3.63, 3.8) is 0 Å². The van der Waals surface area contributed by atoms with E-state index in [9.17, 15) is 4.79 Å². The van der Waals surface area contributed by atoms with E-state index in [2.05, 4.69) is 0 Å². The minimum atomic E-state index is 0.0238. The number of carbonyl (C=O) groups excluding carboxylic acids is 1. The molecule has 2 aromatic carbocycles. The van der Waals surface area contributed by atoms with Gasteiger partial charge in [0.05, 0.1) is 0 Å². The zero-order valence-corrected chi connectivity index (χ0v) is 10.7.